The number of para-hydroxylation sites is 1. The van der Waals surface area contributed by atoms with Crippen molar-refractivity contribution in [3.8, 4) is 0 Å². The monoisotopic (exact) mass is 408 g/mol. The van der Waals surface area contributed by atoms with Crippen LogP contribution >= 0.6 is 23.2 Å². The lowest BCUT2D eigenvalue weighted by Gasteiger charge is -2.07. The van der Waals surface area contributed by atoms with Gasteiger partial charge in [-0.1, -0.05) is 77.8 Å². The van der Waals surface area contributed by atoms with Crippen molar-refractivity contribution in [2.45, 2.75) is 19.5 Å². The van der Waals surface area contributed by atoms with Crippen LogP contribution in [0.15, 0.2) is 79.0 Å². The number of fused-ring (bicyclic) bond motifs is 1. The summed E-state index contributed by atoms with van der Waals surface area (Å²) in [5.41, 5.74) is 5.04. The second-order valence-corrected chi connectivity index (χ2v) is 7.77. The largest absolute Gasteiger partial charge is 0.343 e. The fraction of sp³-hybridized carbons (Fsp3) is 0.167. The van der Waals surface area contributed by atoms with Gasteiger partial charge in [0.25, 0.3) is 0 Å². The molecule has 4 rings (SSSR count). The van der Waals surface area contributed by atoms with Crippen molar-refractivity contribution in [2.24, 2.45) is 0 Å². The van der Waals surface area contributed by atoms with Gasteiger partial charge < -0.3 is 9.88 Å². The quantitative estimate of drug-likeness (QED) is 0.353. The van der Waals surface area contributed by atoms with Gasteiger partial charge in [0.05, 0.1) is 10.0 Å². The van der Waals surface area contributed by atoms with Crippen LogP contribution in [0.25, 0.3) is 10.9 Å². The summed E-state index contributed by atoms with van der Waals surface area (Å²) in [7, 11) is 0. The van der Waals surface area contributed by atoms with Crippen LogP contribution in [0.3, 0.4) is 0 Å². The summed E-state index contributed by atoms with van der Waals surface area (Å²) in [5.74, 6) is 0. The van der Waals surface area contributed by atoms with Crippen LogP contribution in [0, 0.1) is 0 Å². The first kappa shape index (κ1) is 19.1. The van der Waals surface area contributed by atoms with Gasteiger partial charge in [-0.3, -0.25) is 0 Å². The lowest BCUT2D eigenvalue weighted by Crippen LogP contribution is -2.16. The molecule has 0 radical (unpaired) electrons. The maximum absolute atomic E-state index is 6.19. The third-order valence-corrected chi connectivity index (χ3v) is 5.70. The fourth-order valence-electron chi connectivity index (χ4n) is 3.53. The van der Waals surface area contributed by atoms with E-state index in [0.29, 0.717) is 10.0 Å². The topological polar surface area (TPSA) is 17.0 Å². The summed E-state index contributed by atoms with van der Waals surface area (Å²) in [5, 5.41) is 6.06. The number of hydrogen-bond donors (Lipinski definition) is 1. The Balaban J connectivity index is 1.48. The number of benzene rings is 3. The molecule has 0 aliphatic rings. The first-order valence-electron chi connectivity index (χ1n) is 9.46. The molecule has 0 amide bonds. The van der Waals surface area contributed by atoms with Gasteiger partial charge in [0, 0.05) is 30.2 Å². The molecular weight excluding hydrogens is 387 g/mol. The number of nitrogens with one attached hydrogen (secondary N) is 1. The molecule has 0 fully saturated rings. The van der Waals surface area contributed by atoms with E-state index in [4.69, 9.17) is 23.2 Å². The van der Waals surface area contributed by atoms with E-state index in [-0.39, 0.29) is 0 Å². The van der Waals surface area contributed by atoms with Gasteiger partial charge in [0.2, 0.25) is 0 Å². The molecule has 3 aromatic carbocycles. The Bertz CT molecular complexity index is 1070. The molecule has 0 saturated heterocycles. The summed E-state index contributed by atoms with van der Waals surface area (Å²) in [4.78, 5) is 0. The van der Waals surface area contributed by atoms with Gasteiger partial charge in [0.1, 0.15) is 0 Å². The van der Waals surface area contributed by atoms with Crippen molar-refractivity contribution in [1.29, 1.82) is 0 Å². The van der Waals surface area contributed by atoms with Crippen molar-refractivity contribution >= 4 is 34.1 Å². The van der Waals surface area contributed by atoms with Gasteiger partial charge in [-0.05, 0) is 47.9 Å². The second-order valence-electron chi connectivity index (χ2n) is 6.96. The van der Waals surface area contributed by atoms with E-state index in [9.17, 15) is 0 Å². The van der Waals surface area contributed by atoms with Gasteiger partial charge in [-0.25, -0.2) is 0 Å². The van der Waals surface area contributed by atoms with E-state index in [2.05, 4.69) is 70.7 Å². The maximum atomic E-state index is 6.19. The Morgan fingerprint density at radius 3 is 2.39 bits per heavy atom. The van der Waals surface area contributed by atoms with Crippen LogP contribution in [0.1, 0.15) is 16.7 Å². The first-order valence-corrected chi connectivity index (χ1v) is 10.2. The lowest BCUT2D eigenvalue weighted by atomic mass is 10.1. The summed E-state index contributed by atoms with van der Waals surface area (Å²) in [6.07, 6.45) is 3.27. The zero-order valence-electron chi connectivity index (χ0n) is 15.5. The number of hydrogen-bond acceptors (Lipinski definition) is 1. The molecule has 0 spiro atoms. The molecule has 0 unspecified atom stereocenters. The second kappa shape index (κ2) is 8.83. The molecule has 0 atom stereocenters. The minimum Gasteiger partial charge on any atom is -0.343 e. The normalized spacial score (nSPS) is 11.2. The Hall–Kier alpha value is -2.26. The Kier molecular flexibility index (Phi) is 6.01. The van der Waals surface area contributed by atoms with E-state index in [1.807, 2.05) is 18.2 Å². The molecule has 142 valence electrons. The van der Waals surface area contributed by atoms with Crippen molar-refractivity contribution in [1.82, 2.24) is 9.88 Å². The molecule has 4 heteroatoms. The molecule has 2 nitrogen and oxygen atoms in total. The molecule has 1 aromatic heterocycles. The first-order chi connectivity index (χ1) is 13.7. The van der Waals surface area contributed by atoms with Gasteiger partial charge in [-0.15, -0.1) is 0 Å². The summed E-state index contributed by atoms with van der Waals surface area (Å²) < 4.78 is 2.28. The average molecular weight is 409 g/mol. The molecule has 1 heterocycles. The van der Waals surface area contributed by atoms with E-state index < -0.39 is 0 Å². The average Bonchev–Trinajstić information content (AvgIpc) is 3.07. The molecule has 4 aromatic rings. The highest BCUT2D eigenvalue weighted by Crippen LogP contribution is 2.26. The summed E-state index contributed by atoms with van der Waals surface area (Å²) in [6.45, 7) is 2.57. The third-order valence-electron chi connectivity index (χ3n) is 4.96. The number of aromatic nitrogens is 1. The summed E-state index contributed by atoms with van der Waals surface area (Å²) >= 11 is 12.2. The van der Waals surface area contributed by atoms with Gasteiger partial charge in [-0.2, -0.15) is 0 Å². The molecule has 0 aliphatic carbocycles. The molecule has 0 bridgehead atoms. The standard InChI is InChI=1S/C24H22Cl2N2/c25-22-11-10-19(14-23(22)26)16-28-17-20(21-8-4-5-9-24(21)28)15-27-13-12-18-6-2-1-3-7-18/h1-11,14,17,27H,12-13,15-16H2. The van der Waals surface area contributed by atoms with Crippen molar-refractivity contribution in [3.05, 3.63) is 106 Å². The van der Waals surface area contributed by atoms with E-state index in [1.165, 1.54) is 22.0 Å². The maximum Gasteiger partial charge on any atom is 0.0595 e. The van der Waals surface area contributed by atoms with Crippen LogP contribution < -0.4 is 5.32 Å². The number of rotatable bonds is 7. The highest BCUT2D eigenvalue weighted by atomic mass is 35.5. The van der Waals surface area contributed by atoms with Gasteiger partial charge >= 0.3 is 0 Å². The highest BCUT2D eigenvalue weighted by molar-refractivity contribution is 6.42. The summed E-state index contributed by atoms with van der Waals surface area (Å²) in [6, 6.07) is 24.9. The minimum absolute atomic E-state index is 0.589. The molecular formula is C24H22Cl2N2. The minimum atomic E-state index is 0.589. The Morgan fingerprint density at radius 2 is 1.57 bits per heavy atom. The molecule has 0 saturated carbocycles. The number of nitrogens with zero attached hydrogens (tertiary/aromatic N) is 1. The molecule has 28 heavy (non-hydrogen) atoms. The predicted octanol–water partition coefficient (Wildman–Crippen LogP) is 6.33. The van der Waals surface area contributed by atoms with Gasteiger partial charge in [0.15, 0.2) is 0 Å². The Labute approximate surface area is 175 Å². The van der Waals surface area contributed by atoms with Crippen LogP contribution in [-0.2, 0) is 19.5 Å². The van der Waals surface area contributed by atoms with Crippen LogP contribution in [0.5, 0.6) is 0 Å². The SMILES string of the molecule is Clc1ccc(Cn2cc(CNCCc3ccccc3)c3ccccc32)cc1Cl. The lowest BCUT2D eigenvalue weighted by molar-refractivity contribution is 0.686. The van der Waals surface area contributed by atoms with Crippen LogP contribution in [0.2, 0.25) is 10.0 Å². The van der Waals surface area contributed by atoms with E-state index >= 15 is 0 Å². The van der Waals surface area contributed by atoms with E-state index in [0.717, 1.165) is 31.6 Å². The smallest absolute Gasteiger partial charge is 0.0595 e. The fourth-order valence-corrected chi connectivity index (χ4v) is 3.85. The third kappa shape index (κ3) is 4.41. The van der Waals surface area contributed by atoms with Crippen molar-refractivity contribution in [3.63, 3.8) is 0 Å². The van der Waals surface area contributed by atoms with Crippen LogP contribution in [-0.4, -0.2) is 11.1 Å². The van der Waals surface area contributed by atoms with Crippen molar-refractivity contribution in [2.75, 3.05) is 6.54 Å². The van der Waals surface area contributed by atoms with Crippen LogP contribution in [0.4, 0.5) is 0 Å². The Morgan fingerprint density at radius 1 is 0.786 bits per heavy atom. The highest BCUT2D eigenvalue weighted by Gasteiger charge is 2.09. The molecule has 0 aliphatic heterocycles. The number of halogens is 2. The zero-order chi connectivity index (χ0) is 19.3. The van der Waals surface area contributed by atoms with E-state index in [1.54, 1.807) is 0 Å². The zero-order valence-corrected chi connectivity index (χ0v) is 17.0. The predicted molar refractivity (Wildman–Crippen MR) is 119 cm³/mol. The molecule has 1 N–H and O–H groups in total. The van der Waals surface area contributed by atoms with Crippen molar-refractivity contribution < 1.29 is 0 Å².